The second-order valence-electron chi connectivity index (χ2n) is 5.22. The van der Waals surface area contributed by atoms with Gasteiger partial charge in [0, 0.05) is 11.8 Å². The van der Waals surface area contributed by atoms with E-state index < -0.39 is 0 Å². The van der Waals surface area contributed by atoms with Gasteiger partial charge in [-0.3, -0.25) is 0 Å². The number of rotatable bonds is 4. The van der Waals surface area contributed by atoms with E-state index >= 15 is 0 Å². The average molecular weight is 370 g/mol. The third-order valence-electron chi connectivity index (χ3n) is 3.32. The van der Waals surface area contributed by atoms with Gasteiger partial charge in [-0.25, -0.2) is 9.97 Å². The molecule has 3 aromatic rings. The number of nitrogens with zero attached hydrogens (tertiary/aromatic N) is 3. The van der Waals surface area contributed by atoms with E-state index in [2.05, 4.69) is 26.7 Å². The van der Waals surface area contributed by atoms with Crippen LogP contribution in [0.15, 0.2) is 48.5 Å². The van der Waals surface area contributed by atoms with Gasteiger partial charge in [0.2, 0.25) is 0 Å². The molecule has 0 radical (unpaired) electrons. The molecule has 1 heterocycles. The van der Waals surface area contributed by atoms with Crippen molar-refractivity contribution in [2.75, 3.05) is 10.6 Å². The number of anilines is 4. The number of hydrogen-bond acceptors (Lipinski definition) is 5. The van der Waals surface area contributed by atoms with Crippen molar-refractivity contribution in [1.82, 2.24) is 9.97 Å². The van der Waals surface area contributed by atoms with Crippen LogP contribution in [0.4, 0.5) is 23.0 Å². The van der Waals surface area contributed by atoms with Crippen LogP contribution in [0, 0.1) is 18.3 Å². The van der Waals surface area contributed by atoms with Crippen LogP contribution in [-0.2, 0) is 0 Å². The van der Waals surface area contributed by atoms with Crippen molar-refractivity contribution in [3.63, 3.8) is 0 Å². The SMILES string of the molecule is Cc1nc(Nc2cccc(C#N)c2)cc(Nc2c(Cl)cccc2Cl)n1. The molecule has 0 bridgehead atoms. The maximum Gasteiger partial charge on any atom is 0.136 e. The lowest BCUT2D eigenvalue weighted by molar-refractivity contribution is 1.06. The minimum Gasteiger partial charge on any atom is -0.340 e. The predicted octanol–water partition coefficient (Wildman–Crippen LogP) is 5.45. The van der Waals surface area contributed by atoms with Crippen molar-refractivity contribution in [2.24, 2.45) is 0 Å². The van der Waals surface area contributed by atoms with E-state index in [0.717, 1.165) is 5.69 Å². The maximum atomic E-state index is 8.99. The van der Waals surface area contributed by atoms with Crippen molar-refractivity contribution in [1.29, 1.82) is 5.26 Å². The first-order valence-electron chi connectivity index (χ1n) is 7.39. The lowest BCUT2D eigenvalue weighted by Crippen LogP contribution is -2.02. The molecule has 0 fully saturated rings. The van der Waals surface area contributed by atoms with Gasteiger partial charge < -0.3 is 10.6 Å². The molecular weight excluding hydrogens is 357 g/mol. The zero-order valence-electron chi connectivity index (χ0n) is 13.2. The Kier molecular flexibility index (Phi) is 5.03. The molecule has 0 amide bonds. The fourth-order valence-electron chi connectivity index (χ4n) is 2.26. The van der Waals surface area contributed by atoms with Crippen LogP contribution in [0.25, 0.3) is 0 Å². The molecule has 124 valence electrons. The van der Waals surface area contributed by atoms with Crippen molar-refractivity contribution in [3.05, 3.63) is 70.0 Å². The highest BCUT2D eigenvalue weighted by molar-refractivity contribution is 6.39. The molecular formula is C18H13Cl2N5. The summed E-state index contributed by atoms with van der Waals surface area (Å²) in [6, 6.07) is 16.3. The summed E-state index contributed by atoms with van der Waals surface area (Å²) in [7, 11) is 0. The van der Waals surface area contributed by atoms with E-state index in [1.54, 1.807) is 49.4 Å². The molecule has 2 N–H and O–H groups in total. The van der Waals surface area contributed by atoms with Crippen molar-refractivity contribution in [3.8, 4) is 6.07 Å². The molecule has 0 spiro atoms. The summed E-state index contributed by atoms with van der Waals surface area (Å²) < 4.78 is 0. The van der Waals surface area contributed by atoms with Gasteiger partial charge in [-0.05, 0) is 37.3 Å². The molecule has 0 atom stereocenters. The highest BCUT2D eigenvalue weighted by atomic mass is 35.5. The van der Waals surface area contributed by atoms with Crippen LogP contribution in [0.3, 0.4) is 0 Å². The van der Waals surface area contributed by atoms with Crippen molar-refractivity contribution >= 4 is 46.2 Å². The Bertz CT molecular complexity index is 946. The lowest BCUT2D eigenvalue weighted by Gasteiger charge is -2.12. The van der Waals surface area contributed by atoms with E-state index in [0.29, 0.717) is 38.8 Å². The van der Waals surface area contributed by atoms with Gasteiger partial charge in [0.1, 0.15) is 17.5 Å². The van der Waals surface area contributed by atoms with E-state index in [1.807, 2.05) is 6.07 Å². The molecule has 3 rings (SSSR count). The molecule has 0 saturated carbocycles. The Labute approximate surface area is 155 Å². The van der Waals surface area contributed by atoms with Crippen molar-refractivity contribution in [2.45, 2.75) is 6.92 Å². The van der Waals surface area contributed by atoms with Gasteiger partial charge in [-0.15, -0.1) is 0 Å². The van der Waals surface area contributed by atoms with Crippen LogP contribution in [0.1, 0.15) is 11.4 Å². The molecule has 1 aromatic heterocycles. The van der Waals surface area contributed by atoms with E-state index in [9.17, 15) is 0 Å². The summed E-state index contributed by atoms with van der Waals surface area (Å²) in [6.07, 6.45) is 0. The Morgan fingerprint density at radius 2 is 1.56 bits per heavy atom. The summed E-state index contributed by atoms with van der Waals surface area (Å²) in [6.45, 7) is 1.79. The number of nitriles is 1. The molecule has 7 heteroatoms. The Balaban J connectivity index is 1.89. The molecule has 0 aliphatic carbocycles. The second-order valence-corrected chi connectivity index (χ2v) is 6.04. The first kappa shape index (κ1) is 17.0. The van der Waals surface area contributed by atoms with Gasteiger partial charge >= 0.3 is 0 Å². The van der Waals surface area contributed by atoms with E-state index in [4.69, 9.17) is 28.5 Å². The predicted molar refractivity (Wildman–Crippen MR) is 101 cm³/mol. The zero-order valence-corrected chi connectivity index (χ0v) is 14.7. The minimum absolute atomic E-state index is 0.500. The number of aryl methyl sites for hydroxylation is 1. The van der Waals surface area contributed by atoms with E-state index in [-0.39, 0.29) is 0 Å². The Hall–Kier alpha value is -2.81. The smallest absolute Gasteiger partial charge is 0.136 e. The highest BCUT2D eigenvalue weighted by Gasteiger charge is 2.09. The van der Waals surface area contributed by atoms with Crippen LogP contribution < -0.4 is 10.6 Å². The topological polar surface area (TPSA) is 73.6 Å². The van der Waals surface area contributed by atoms with Crippen LogP contribution >= 0.6 is 23.2 Å². The Morgan fingerprint density at radius 1 is 0.920 bits per heavy atom. The van der Waals surface area contributed by atoms with E-state index in [1.165, 1.54) is 0 Å². The molecule has 0 saturated heterocycles. The largest absolute Gasteiger partial charge is 0.340 e. The average Bonchev–Trinajstić information content (AvgIpc) is 2.58. The maximum absolute atomic E-state index is 8.99. The minimum atomic E-state index is 0.500. The number of aromatic nitrogens is 2. The van der Waals surface area contributed by atoms with Gasteiger partial charge in [0.05, 0.1) is 27.4 Å². The summed E-state index contributed by atoms with van der Waals surface area (Å²) in [5.41, 5.74) is 1.91. The molecule has 0 aliphatic rings. The summed E-state index contributed by atoms with van der Waals surface area (Å²) in [5, 5.41) is 16.3. The van der Waals surface area contributed by atoms with Crippen LogP contribution in [0.5, 0.6) is 0 Å². The standard InChI is InChI=1S/C18H13Cl2N5/c1-11-22-16(24-13-5-2-4-12(8-13)10-21)9-17(23-11)25-18-14(19)6-3-7-15(18)20/h2-9H,1H3,(H2,22,23,24,25). The molecule has 25 heavy (non-hydrogen) atoms. The summed E-state index contributed by atoms with van der Waals surface area (Å²) in [5.74, 6) is 1.72. The quantitative estimate of drug-likeness (QED) is 0.639. The highest BCUT2D eigenvalue weighted by Crippen LogP contribution is 2.32. The normalized spacial score (nSPS) is 10.2. The first-order chi connectivity index (χ1) is 12.0. The number of nitrogens with one attached hydrogen (secondary N) is 2. The fraction of sp³-hybridized carbons (Fsp3) is 0.0556. The van der Waals surface area contributed by atoms with Gasteiger partial charge in [0.25, 0.3) is 0 Å². The van der Waals surface area contributed by atoms with Gasteiger partial charge in [-0.2, -0.15) is 5.26 Å². The number of hydrogen-bond donors (Lipinski definition) is 2. The molecule has 0 aliphatic heterocycles. The van der Waals surface area contributed by atoms with Crippen molar-refractivity contribution < 1.29 is 0 Å². The third-order valence-corrected chi connectivity index (χ3v) is 3.95. The molecule has 0 unspecified atom stereocenters. The van der Waals surface area contributed by atoms with Crippen LogP contribution in [0.2, 0.25) is 10.0 Å². The number of halogens is 2. The number of para-hydroxylation sites is 1. The second kappa shape index (κ2) is 7.39. The monoisotopic (exact) mass is 369 g/mol. The first-order valence-corrected chi connectivity index (χ1v) is 8.14. The van der Waals surface area contributed by atoms with Gasteiger partial charge in [-0.1, -0.05) is 35.3 Å². The van der Waals surface area contributed by atoms with Crippen LogP contribution in [-0.4, -0.2) is 9.97 Å². The Morgan fingerprint density at radius 3 is 2.24 bits per heavy atom. The zero-order chi connectivity index (χ0) is 17.8. The number of benzene rings is 2. The third kappa shape index (κ3) is 4.18. The summed E-state index contributed by atoms with van der Waals surface area (Å²) in [4.78, 5) is 8.71. The summed E-state index contributed by atoms with van der Waals surface area (Å²) >= 11 is 12.4. The lowest BCUT2D eigenvalue weighted by atomic mass is 10.2. The van der Waals surface area contributed by atoms with Gasteiger partial charge in [0.15, 0.2) is 0 Å². The molecule has 2 aromatic carbocycles. The fourth-order valence-corrected chi connectivity index (χ4v) is 2.75. The molecule has 5 nitrogen and oxygen atoms in total.